The summed E-state index contributed by atoms with van der Waals surface area (Å²) in [5.74, 6) is -0.211. The largest absolute Gasteiger partial charge is 0.459 e. The van der Waals surface area contributed by atoms with E-state index in [9.17, 15) is 9.59 Å². The summed E-state index contributed by atoms with van der Waals surface area (Å²) in [6, 6.07) is 11.0. The van der Waals surface area contributed by atoms with Crippen LogP contribution in [-0.4, -0.2) is 23.1 Å². The Labute approximate surface area is 158 Å². The zero-order chi connectivity index (χ0) is 19.6. The van der Waals surface area contributed by atoms with Gasteiger partial charge in [-0.1, -0.05) is 18.2 Å². The van der Waals surface area contributed by atoms with Gasteiger partial charge in [0.25, 0.3) is 5.91 Å². The first kappa shape index (κ1) is 18.8. The van der Waals surface area contributed by atoms with Crippen molar-refractivity contribution in [3.8, 4) is 0 Å². The Morgan fingerprint density at radius 1 is 1.22 bits per heavy atom. The van der Waals surface area contributed by atoms with E-state index in [0.717, 1.165) is 28.9 Å². The summed E-state index contributed by atoms with van der Waals surface area (Å²) in [5, 5.41) is 3.77. The van der Waals surface area contributed by atoms with Crippen LogP contribution in [-0.2, 0) is 16.1 Å². The zero-order valence-corrected chi connectivity index (χ0v) is 16.0. The van der Waals surface area contributed by atoms with Crippen molar-refractivity contribution in [2.45, 2.75) is 40.3 Å². The molecule has 1 atom stereocenters. The van der Waals surface area contributed by atoms with Crippen LogP contribution in [0.5, 0.6) is 0 Å². The maximum absolute atomic E-state index is 12.3. The van der Waals surface area contributed by atoms with Gasteiger partial charge in [0.1, 0.15) is 11.3 Å². The van der Waals surface area contributed by atoms with Crippen molar-refractivity contribution in [3.05, 3.63) is 59.1 Å². The molecule has 0 aliphatic carbocycles. The number of carbonyl (C=O) groups is 2. The molecule has 0 spiro atoms. The molecule has 0 aliphatic rings. The molecule has 27 heavy (non-hydrogen) atoms. The molecule has 2 aromatic heterocycles. The van der Waals surface area contributed by atoms with Gasteiger partial charge in [0.15, 0.2) is 6.61 Å². The highest BCUT2D eigenvalue weighted by atomic mass is 16.5. The van der Waals surface area contributed by atoms with E-state index < -0.39 is 5.97 Å². The summed E-state index contributed by atoms with van der Waals surface area (Å²) in [5.41, 5.74) is 3.10. The second-order valence-corrected chi connectivity index (χ2v) is 6.58. The summed E-state index contributed by atoms with van der Waals surface area (Å²) in [6.45, 7) is 8.10. The Kier molecular flexibility index (Phi) is 5.35. The number of benzene rings is 1. The summed E-state index contributed by atoms with van der Waals surface area (Å²) < 4.78 is 13.0. The van der Waals surface area contributed by atoms with E-state index >= 15 is 0 Å². The lowest BCUT2D eigenvalue weighted by atomic mass is 10.2. The highest BCUT2D eigenvalue weighted by Crippen LogP contribution is 2.23. The van der Waals surface area contributed by atoms with E-state index in [0.29, 0.717) is 11.3 Å². The number of esters is 1. The molecule has 1 amide bonds. The molecular weight excluding hydrogens is 344 g/mol. The summed E-state index contributed by atoms with van der Waals surface area (Å²) in [4.78, 5) is 24.4. The third-order valence-electron chi connectivity index (χ3n) is 4.69. The van der Waals surface area contributed by atoms with Crippen LogP contribution in [0.15, 0.2) is 40.8 Å². The van der Waals surface area contributed by atoms with E-state index in [1.54, 1.807) is 6.07 Å². The fraction of sp³-hybridized carbons (Fsp3) is 0.333. The number of aromatic nitrogens is 1. The SMILES string of the molecule is CCn1c(C)cc(C(=O)OCC(=O)N[C@H](C)c2cc3ccccc3o2)c1C. The minimum Gasteiger partial charge on any atom is -0.459 e. The Hall–Kier alpha value is -3.02. The Morgan fingerprint density at radius 2 is 1.96 bits per heavy atom. The topological polar surface area (TPSA) is 73.5 Å². The zero-order valence-electron chi connectivity index (χ0n) is 16.0. The number of carbonyl (C=O) groups excluding carboxylic acids is 2. The van der Waals surface area contributed by atoms with Crippen LogP contribution in [0.3, 0.4) is 0 Å². The number of ether oxygens (including phenoxy) is 1. The highest BCUT2D eigenvalue weighted by Gasteiger charge is 2.19. The molecule has 3 rings (SSSR count). The smallest absolute Gasteiger partial charge is 0.340 e. The molecule has 0 fully saturated rings. The molecule has 2 heterocycles. The normalized spacial score (nSPS) is 12.1. The first-order valence-corrected chi connectivity index (χ1v) is 9.02. The standard InChI is InChI=1S/C21H24N2O4/c1-5-23-13(2)10-17(15(23)4)21(25)26-12-20(24)22-14(3)19-11-16-8-6-7-9-18(16)27-19/h6-11,14H,5,12H2,1-4H3,(H,22,24)/t14-/m1/s1. The predicted molar refractivity (Wildman–Crippen MR) is 103 cm³/mol. The summed E-state index contributed by atoms with van der Waals surface area (Å²) >= 11 is 0. The minimum absolute atomic E-state index is 0.325. The number of nitrogens with one attached hydrogen (secondary N) is 1. The van der Waals surface area contributed by atoms with E-state index in [4.69, 9.17) is 9.15 Å². The van der Waals surface area contributed by atoms with Gasteiger partial charge in [-0.15, -0.1) is 0 Å². The molecular formula is C21H24N2O4. The van der Waals surface area contributed by atoms with Gasteiger partial charge in [0, 0.05) is 23.3 Å². The lowest BCUT2D eigenvalue weighted by molar-refractivity contribution is -0.125. The summed E-state index contributed by atoms with van der Waals surface area (Å²) in [6.07, 6.45) is 0. The number of fused-ring (bicyclic) bond motifs is 1. The van der Waals surface area contributed by atoms with Crippen molar-refractivity contribution < 1.29 is 18.7 Å². The Morgan fingerprint density at radius 3 is 2.63 bits per heavy atom. The van der Waals surface area contributed by atoms with Gasteiger partial charge >= 0.3 is 5.97 Å². The number of para-hydroxylation sites is 1. The fourth-order valence-electron chi connectivity index (χ4n) is 3.27. The maximum Gasteiger partial charge on any atom is 0.340 e. The van der Waals surface area contributed by atoms with Crippen LogP contribution in [0.2, 0.25) is 0 Å². The fourth-order valence-corrected chi connectivity index (χ4v) is 3.27. The van der Waals surface area contributed by atoms with Crippen molar-refractivity contribution in [3.63, 3.8) is 0 Å². The number of furan rings is 1. The van der Waals surface area contributed by atoms with Gasteiger partial charge in [-0.25, -0.2) is 4.79 Å². The number of hydrogen-bond acceptors (Lipinski definition) is 4. The molecule has 6 nitrogen and oxygen atoms in total. The predicted octanol–water partition coefficient (Wildman–Crippen LogP) is 3.91. The molecule has 1 N–H and O–H groups in total. The average Bonchev–Trinajstić information content (AvgIpc) is 3.20. The second kappa shape index (κ2) is 7.70. The molecule has 142 valence electrons. The second-order valence-electron chi connectivity index (χ2n) is 6.58. The number of aryl methyl sites for hydroxylation is 1. The van der Waals surface area contributed by atoms with Crippen LogP contribution in [0.4, 0.5) is 0 Å². The van der Waals surface area contributed by atoms with Crippen LogP contribution in [0, 0.1) is 13.8 Å². The minimum atomic E-state index is -0.491. The molecule has 3 aromatic rings. The van der Waals surface area contributed by atoms with E-state index in [1.165, 1.54) is 0 Å². The van der Waals surface area contributed by atoms with Crippen LogP contribution < -0.4 is 5.32 Å². The molecule has 0 aliphatic heterocycles. The molecule has 0 bridgehead atoms. The van der Waals surface area contributed by atoms with Crippen molar-refractivity contribution in [2.75, 3.05) is 6.61 Å². The van der Waals surface area contributed by atoms with Crippen LogP contribution in [0.1, 0.15) is 47.4 Å². The van der Waals surface area contributed by atoms with Crippen molar-refractivity contribution in [2.24, 2.45) is 0 Å². The maximum atomic E-state index is 12.3. The van der Waals surface area contributed by atoms with Crippen molar-refractivity contribution in [1.82, 2.24) is 9.88 Å². The average molecular weight is 368 g/mol. The quantitative estimate of drug-likeness (QED) is 0.670. The monoisotopic (exact) mass is 368 g/mol. The van der Waals surface area contributed by atoms with Gasteiger partial charge < -0.3 is 19.0 Å². The van der Waals surface area contributed by atoms with Crippen LogP contribution in [0.25, 0.3) is 11.0 Å². The molecule has 1 aromatic carbocycles. The number of rotatable bonds is 6. The molecule has 0 unspecified atom stereocenters. The van der Waals surface area contributed by atoms with E-state index in [1.807, 2.05) is 62.6 Å². The van der Waals surface area contributed by atoms with Crippen LogP contribution >= 0.6 is 0 Å². The van der Waals surface area contributed by atoms with Crippen molar-refractivity contribution in [1.29, 1.82) is 0 Å². The van der Waals surface area contributed by atoms with Crippen molar-refractivity contribution >= 4 is 22.8 Å². The van der Waals surface area contributed by atoms with E-state index in [-0.39, 0.29) is 18.6 Å². The Balaban J connectivity index is 1.58. The lowest BCUT2D eigenvalue weighted by Gasteiger charge is -2.11. The Bertz CT molecular complexity index is 950. The van der Waals surface area contributed by atoms with Gasteiger partial charge in [0.05, 0.1) is 11.6 Å². The third kappa shape index (κ3) is 3.89. The molecule has 0 saturated carbocycles. The molecule has 6 heteroatoms. The third-order valence-corrected chi connectivity index (χ3v) is 4.69. The summed E-state index contributed by atoms with van der Waals surface area (Å²) in [7, 11) is 0. The van der Waals surface area contributed by atoms with Gasteiger partial charge in [-0.05, 0) is 45.9 Å². The number of nitrogens with zero attached hydrogens (tertiary/aromatic N) is 1. The number of amides is 1. The lowest BCUT2D eigenvalue weighted by Crippen LogP contribution is -2.31. The van der Waals surface area contributed by atoms with Gasteiger partial charge in [-0.3, -0.25) is 4.79 Å². The number of hydrogen-bond donors (Lipinski definition) is 1. The first-order valence-electron chi connectivity index (χ1n) is 9.02. The molecule has 0 saturated heterocycles. The highest BCUT2D eigenvalue weighted by molar-refractivity contribution is 5.92. The van der Waals surface area contributed by atoms with Gasteiger partial charge in [0.2, 0.25) is 0 Å². The first-order chi connectivity index (χ1) is 12.9. The molecule has 0 radical (unpaired) electrons. The van der Waals surface area contributed by atoms with Gasteiger partial charge in [-0.2, -0.15) is 0 Å². The van der Waals surface area contributed by atoms with E-state index in [2.05, 4.69) is 5.32 Å².